The third-order valence-electron chi connectivity index (χ3n) is 6.47. The van der Waals surface area contributed by atoms with E-state index in [9.17, 15) is 26.3 Å². The normalized spacial score (nSPS) is 16.3. The van der Waals surface area contributed by atoms with Gasteiger partial charge < -0.3 is 0 Å². The maximum absolute atomic E-state index is 13.3. The summed E-state index contributed by atoms with van der Waals surface area (Å²) in [6.45, 7) is 2.26. The number of hydrogen-bond acceptors (Lipinski definition) is 0. The van der Waals surface area contributed by atoms with Gasteiger partial charge in [-0.05, 0) is 60.4 Å². The van der Waals surface area contributed by atoms with Crippen LogP contribution in [0.5, 0.6) is 0 Å². The summed E-state index contributed by atoms with van der Waals surface area (Å²) < 4.78 is 79.6. The molecule has 2 aromatic carbocycles. The van der Waals surface area contributed by atoms with Crippen LogP contribution in [0.25, 0.3) is 0 Å². The predicted molar refractivity (Wildman–Crippen MR) is 106 cm³/mol. The van der Waals surface area contributed by atoms with Gasteiger partial charge in [-0.3, -0.25) is 0 Å². The number of benzene rings is 2. The molecule has 0 saturated heterocycles. The van der Waals surface area contributed by atoms with Crippen molar-refractivity contribution in [2.45, 2.75) is 70.1 Å². The lowest BCUT2D eigenvalue weighted by molar-refractivity contribution is -0.297. The van der Waals surface area contributed by atoms with E-state index in [1.165, 1.54) is 48.9 Å². The average molecular weight is 428 g/mol. The first kappa shape index (κ1) is 22.7. The molecular formula is C24H26F6. The van der Waals surface area contributed by atoms with Crippen LogP contribution in [0.15, 0.2) is 42.5 Å². The number of hydrogen-bond donors (Lipinski definition) is 0. The largest absolute Gasteiger partial charge is 0.406 e. The van der Waals surface area contributed by atoms with Crippen molar-refractivity contribution < 1.29 is 26.3 Å². The van der Waals surface area contributed by atoms with Crippen LogP contribution >= 0.6 is 0 Å². The minimum atomic E-state index is -5.43. The second-order valence-electron chi connectivity index (χ2n) is 8.61. The fourth-order valence-electron chi connectivity index (χ4n) is 4.26. The third kappa shape index (κ3) is 4.52. The van der Waals surface area contributed by atoms with Crippen molar-refractivity contribution in [2.75, 3.05) is 0 Å². The van der Waals surface area contributed by atoms with Gasteiger partial charge in [-0.1, -0.05) is 68.1 Å². The summed E-state index contributed by atoms with van der Waals surface area (Å²) in [4.78, 5) is 0. The standard InChI is InChI=1S/C24H26F6/c1-16-7-8-19(15-20(16)14-17-5-3-4-6-17)13-18-9-11-21(12-10-18)22(2,23(25,26)27)24(28,29)30/h7-12,15,17H,3-6,13-14H2,1-2H3. The van der Waals surface area contributed by atoms with Crippen molar-refractivity contribution in [1.29, 1.82) is 0 Å². The van der Waals surface area contributed by atoms with Gasteiger partial charge in [0.25, 0.3) is 0 Å². The molecule has 0 atom stereocenters. The Balaban J connectivity index is 1.80. The van der Waals surface area contributed by atoms with E-state index in [2.05, 4.69) is 13.0 Å². The lowest BCUT2D eigenvalue weighted by Gasteiger charge is -2.34. The smallest absolute Gasteiger partial charge is 0.170 e. The fraction of sp³-hybridized carbons (Fsp3) is 0.500. The molecule has 0 nitrogen and oxygen atoms in total. The zero-order valence-corrected chi connectivity index (χ0v) is 17.1. The fourth-order valence-corrected chi connectivity index (χ4v) is 4.26. The Kier molecular flexibility index (Phi) is 6.26. The van der Waals surface area contributed by atoms with Crippen molar-refractivity contribution in [3.8, 4) is 0 Å². The first-order valence-electron chi connectivity index (χ1n) is 10.2. The van der Waals surface area contributed by atoms with Crippen molar-refractivity contribution in [3.63, 3.8) is 0 Å². The molecule has 0 amide bonds. The van der Waals surface area contributed by atoms with E-state index in [4.69, 9.17) is 0 Å². The molecule has 2 aromatic rings. The Labute approximate surface area is 173 Å². The van der Waals surface area contributed by atoms with Crippen molar-refractivity contribution in [1.82, 2.24) is 0 Å². The van der Waals surface area contributed by atoms with Crippen molar-refractivity contribution in [3.05, 3.63) is 70.3 Å². The highest BCUT2D eigenvalue weighted by atomic mass is 19.4. The van der Waals surface area contributed by atoms with E-state index in [0.29, 0.717) is 17.9 Å². The third-order valence-corrected chi connectivity index (χ3v) is 6.47. The van der Waals surface area contributed by atoms with Gasteiger partial charge in [0.05, 0.1) is 0 Å². The summed E-state index contributed by atoms with van der Waals surface area (Å²) >= 11 is 0. The van der Waals surface area contributed by atoms with Crippen LogP contribution in [0.1, 0.15) is 60.4 Å². The second kappa shape index (κ2) is 8.27. The summed E-state index contributed by atoms with van der Waals surface area (Å²) in [5.41, 5.74) is -0.504. The summed E-state index contributed by atoms with van der Waals surface area (Å²) in [5, 5.41) is 0. The molecule has 1 aliphatic carbocycles. The minimum absolute atomic E-state index is 0.192. The lowest BCUT2D eigenvalue weighted by Crippen LogP contribution is -2.51. The molecule has 1 fully saturated rings. The average Bonchev–Trinajstić information content (AvgIpc) is 3.16. The zero-order valence-electron chi connectivity index (χ0n) is 17.1. The first-order chi connectivity index (χ1) is 13.9. The van der Waals surface area contributed by atoms with E-state index in [1.54, 1.807) is 0 Å². The number of aryl methyl sites for hydroxylation is 1. The van der Waals surface area contributed by atoms with Gasteiger partial charge in [0.2, 0.25) is 0 Å². The molecule has 6 heteroatoms. The van der Waals surface area contributed by atoms with Crippen LogP contribution in [0, 0.1) is 12.8 Å². The van der Waals surface area contributed by atoms with Gasteiger partial charge in [-0.15, -0.1) is 0 Å². The van der Waals surface area contributed by atoms with E-state index in [1.807, 2.05) is 12.1 Å². The van der Waals surface area contributed by atoms with Crippen LogP contribution in [0.3, 0.4) is 0 Å². The molecular weight excluding hydrogens is 402 g/mol. The van der Waals surface area contributed by atoms with E-state index >= 15 is 0 Å². The topological polar surface area (TPSA) is 0 Å². The highest BCUT2D eigenvalue weighted by Crippen LogP contribution is 2.51. The maximum Gasteiger partial charge on any atom is 0.406 e. The molecule has 1 saturated carbocycles. The molecule has 0 N–H and O–H groups in total. The molecule has 0 spiro atoms. The zero-order chi connectivity index (χ0) is 22.2. The molecule has 1 aliphatic rings. The van der Waals surface area contributed by atoms with E-state index in [-0.39, 0.29) is 6.92 Å². The molecule has 30 heavy (non-hydrogen) atoms. The number of halogens is 6. The number of alkyl halides is 6. The Morgan fingerprint density at radius 3 is 1.87 bits per heavy atom. The summed E-state index contributed by atoms with van der Waals surface area (Å²) in [5.74, 6) is 0.695. The van der Waals surface area contributed by atoms with Gasteiger partial charge in [0.1, 0.15) is 0 Å². The highest BCUT2D eigenvalue weighted by molar-refractivity contribution is 5.37. The molecule has 0 heterocycles. The Morgan fingerprint density at radius 1 is 0.800 bits per heavy atom. The van der Waals surface area contributed by atoms with Crippen molar-refractivity contribution >= 4 is 0 Å². The van der Waals surface area contributed by atoms with Crippen LogP contribution in [-0.4, -0.2) is 12.4 Å². The van der Waals surface area contributed by atoms with Crippen LogP contribution < -0.4 is 0 Å². The second-order valence-corrected chi connectivity index (χ2v) is 8.61. The lowest BCUT2D eigenvalue weighted by atomic mass is 9.80. The van der Waals surface area contributed by atoms with Crippen molar-refractivity contribution in [2.24, 2.45) is 5.92 Å². The quantitative estimate of drug-likeness (QED) is 0.428. The predicted octanol–water partition coefficient (Wildman–Crippen LogP) is 7.70. The van der Waals surface area contributed by atoms with Crippen LogP contribution in [-0.2, 0) is 18.3 Å². The Hall–Kier alpha value is -1.98. The summed E-state index contributed by atoms with van der Waals surface area (Å²) in [7, 11) is 0. The Bertz CT molecular complexity index is 841. The minimum Gasteiger partial charge on any atom is -0.170 e. The van der Waals surface area contributed by atoms with Crippen LogP contribution in [0.4, 0.5) is 26.3 Å². The molecule has 0 unspecified atom stereocenters. The molecule has 164 valence electrons. The van der Waals surface area contributed by atoms with E-state index < -0.39 is 23.3 Å². The number of rotatable bonds is 5. The van der Waals surface area contributed by atoms with Gasteiger partial charge in [0.15, 0.2) is 5.41 Å². The van der Waals surface area contributed by atoms with E-state index in [0.717, 1.165) is 24.1 Å². The highest BCUT2D eigenvalue weighted by Gasteiger charge is 2.68. The van der Waals surface area contributed by atoms with Gasteiger partial charge in [-0.2, -0.15) is 26.3 Å². The monoisotopic (exact) mass is 428 g/mol. The molecule has 0 aromatic heterocycles. The van der Waals surface area contributed by atoms with Gasteiger partial charge >= 0.3 is 12.4 Å². The molecule has 0 bridgehead atoms. The first-order valence-corrected chi connectivity index (χ1v) is 10.2. The molecule has 3 rings (SSSR count). The van der Waals surface area contributed by atoms with Crippen LogP contribution in [0.2, 0.25) is 0 Å². The van der Waals surface area contributed by atoms with Gasteiger partial charge in [0, 0.05) is 0 Å². The maximum atomic E-state index is 13.3. The summed E-state index contributed by atoms with van der Waals surface area (Å²) in [6, 6.07) is 10.8. The van der Waals surface area contributed by atoms with Gasteiger partial charge in [-0.25, -0.2) is 0 Å². The summed E-state index contributed by atoms with van der Waals surface area (Å²) in [6.07, 6.45) is -4.36. The molecule has 0 radical (unpaired) electrons. The molecule has 0 aliphatic heterocycles. The Morgan fingerprint density at radius 2 is 1.33 bits per heavy atom. The SMILES string of the molecule is Cc1ccc(Cc2ccc(C(C)(C(F)(F)F)C(F)(F)F)cc2)cc1CC1CCCC1.